The highest BCUT2D eigenvalue weighted by molar-refractivity contribution is 5.87. The summed E-state index contributed by atoms with van der Waals surface area (Å²) in [7, 11) is 0. The fourth-order valence-corrected chi connectivity index (χ4v) is 2.80. The van der Waals surface area contributed by atoms with Gasteiger partial charge in [-0.25, -0.2) is 0 Å². The van der Waals surface area contributed by atoms with Crippen molar-refractivity contribution in [2.45, 2.75) is 51.5 Å². The van der Waals surface area contributed by atoms with Crippen LogP contribution in [0.2, 0.25) is 0 Å². The maximum atomic E-state index is 12.5. The molecule has 1 saturated carbocycles. The van der Waals surface area contributed by atoms with E-state index in [4.69, 9.17) is 5.11 Å². The van der Waals surface area contributed by atoms with Crippen LogP contribution >= 0.6 is 0 Å². The largest absolute Gasteiger partial charge is 0.481 e. The second-order valence-corrected chi connectivity index (χ2v) is 6.51. The van der Waals surface area contributed by atoms with Crippen molar-refractivity contribution in [2.24, 2.45) is 5.92 Å². The van der Waals surface area contributed by atoms with Gasteiger partial charge in [0.1, 0.15) is 0 Å². The summed E-state index contributed by atoms with van der Waals surface area (Å²) in [6.45, 7) is 5.81. The summed E-state index contributed by atoms with van der Waals surface area (Å²) in [5, 5.41) is 12.0. The van der Waals surface area contributed by atoms with Crippen molar-refractivity contribution in [1.82, 2.24) is 5.32 Å². The van der Waals surface area contributed by atoms with Crippen LogP contribution in [0.1, 0.15) is 44.2 Å². The summed E-state index contributed by atoms with van der Waals surface area (Å²) in [5.41, 5.74) is 1.52. The smallest absolute Gasteiger partial charge is 0.306 e. The Morgan fingerprint density at radius 2 is 1.81 bits per heavy atom. The van der Waals surface area contributed by atoms with Gasteiger partial charge in [-0.3, -0.25) is 9.59 Å². The number of rotatable bonds is 4. The summed E-state index contributed by atoms with van der Waals surface area (Å²) < 4.78 is 0. The number of hydrogen-bond acceptors (Lipinski definition) is 2. The Bertz CT molecular complexity index is 533. The van der Waals surface area contributed by atoms with Gasteiger partial charge in [-0.05, 0) is 45.6 Å². The van der Waals surface area contributed by atoms with Gasteiger partial charge >= 0.3 is 5.97 Å². The molecule has 0 bridgehead atoms. The number of carbonyl (C=O) groups excluding carboxylic acids is 1. The van der Waals surface area contributed by atoms with Gasteiger partial charge in [0.15, 0.2) is 0 Å². The summed E-state index contributed by atoms with van der Waals surface area (Å²) in [5.74, 6) is -1.12. The number of nitrogens with one attached hydrogen (secondary N) is 1. The zero-order valence-corrected chi connectivity index (χ0v) is 12.8. The Morgan fingerprint density at radius 3 is 2.33 bits per heavy atom. The Labute approximate surface area is 125 Å². The van der Waals surface area contributed by atoms with Gasteiger partial charge in [0, 0.05) is 6.04 Å². The van der Waals surface area contributed by atoms with Crippen molar-refractivity contribution in [3.63, 3.8) is 0 Å². The molecule has 4 heteroatoms. The molecule has 0 spiro atoms. The zero-order valence-electron chi connectivity index (χ0n) is 12.8. The lowest BCUT2D eigenvalue weighted by molar-refractivity contribution is -0.141. The van der Waals surface area contributed by atoms with E-state index >= 15 is 0 Å². The van der Waals surface area contributed by atoms with Crippen molar-refractivity contribution < 1.29 is 14.7 Å². The third kappa shape index (κ3) is 3.43. The topological polar surface area (TPSA) is 66.4 Å². The molecule has 0 saturated heterocycles. The van der Waals surface area contributed by atoms with E-state index in [1.807, 2.05) is 45.0 Å². The molecule has 0 heterocycles. The van der Waals surface area contributed by atoms with Crippen molar-refractivity contribution >= 4 is 11.9 Å². The summed E-state index contributed by atoms with van der Waals surface area (Å²) >= 11 is 0. The van der Waals surface area contributed by atoms with E-state index < -0.39 is 11.4 Å². The fraction of sp³-hybridized carbons (Fsp3) is 0.529. The average molecular weight is 289 g/mol. The van der Waals surface area contributed by atoms with E-state index in [1.165, 1.54) is 0 Å². The third-order valence-electron chi connectivity index (χ3n) is 4.46. The predicted octanol–water partition coefficient (Wildman–Crippen LogP) is 2.64. The van der Waals surface area contributed by atoms with Gasteiger partial charge in [-0.15, -0.1) is 0 Å². The number of carboxylic acid groups (broad SMARTS) is 1. The van der Waals surface area contributed by atoms with Crippen LogP contribution in [0.5, 0.6) is 0 Å². The normalized spacial score (nSPS) is 22.0. The zero-order chi connectivity index (χ0) is 15.6. The molecule has 2 atom stereocenters. The van der Waals surface area contributed by atoms with Crippen LogP contribution in [-0.4, -0.2) is 23.0 Å². The first-order valence-electron chi connectivity index (χ1n) is 7.41. The van der Waals surface area contributed by atoms with Crippen LogP contribution in [0.4, 0.5) is 0 Å². The molecule has 4 nitrogen and oxygen atoms in total. The van der Waals surface area contributed by atoms with Crippen LogP contribution in [0, 0.1) is 12.8 Å². The number of aryl methyl sites for hydroxylation is 1. The van der Waals surface area contributed by atoms with Crippen molar-refractivity contribution in [3.05, 3.63) is 35.4 Å². The summed E-state index contributed by atoms with van der Waals surface area (Å²) in [6.07, 6.45) is 1.92. The van der Waals surface area contributed by atoms with Gasteiger partial charge in [0.25, 0.3) is 0 Å². The highest BCUT2D eigenvalue weighted by Gasteiger charge is 2.35. The fourth-order valence-electron chi connectivity index (χ4n) is 2.80. The van der Waals surface area contributed by atoms with Gasteiger partial charge in [-0.2, -0.15) is 0 Å². The summed E-state index contributed by atoms with van der Waals surface area (Å²) in [6, 6.07) is 7.93. The molecule has 1 fully saturated rings. The Balaban J connectivity index is 2.02. The van der Waals surface area contributed by atoms with E-state index in [-0.39, 0.29) is 17.9 Å². The SMILES string of the molecule is Cc1ccc(C(C)(C)C(=O)N[C@@H]2CC[C@H](C(=O)O)C2)cc1. The van der Waals surface area contributed by atoms with Crippen LogP contribution < -0.4 is 5.32 Å². The van der Waals surface area contributed by atoms with E-state index in [1.54, 1.807) is 0 Å². The van der Waals surface area contributed by atoms with Crippen LogP contribution in [-0.2, 0) is 15.0 Å². The Morgan fingerprint density at radius 1 is 1.19 bits per heavy atom. The molecule has 1 aliphatic rings. The van der Waals surface area contributed by atoms with Crippen LogP contribution in [0.15, 0.2) is 24.3 Å². The number of carbonyl (C=O) groups is 2. The molecule has 0 unspecified atom stereocenters. The Hall–Kier alpha value is -1.84. The molecule has 21 heavy (non-hydrogen) atoms. The minimum atomic E-state index is -0.760. The minimum absolute atomic E-state index is 0.0247. The first-order chi connectivity index (χ1) is 9.80. The molecule has 2 rings (SSSR count). The standard InChI is InChI=1S/C17H23NO3/c1-11-4-7-13(8-5-11)17(2,3)16(21)18-14-9-6-12(10-14)15(19)20/h4-5,7-8,12,14H,6,9-10H2,1-3H3,(H,18,21)(H,19,20)/t12-,14+/m0/s1. The molecule has 0 radical (unpaired) electrons. The number of hydrogen-bond donors (Lipinski definition) is 2. The highest BCUT2D eigenvalue weighted by atomic mass is 16.4. The first-order valence-corrected chi connectivity index (χ1v) is 7.41. The monoisotopic (exact) mass is 289 g/mol. The Kier molecular flexibility index (Phi) is 4.35. The second-order valence-electron chi connectivity index (χ2n) is 6.51. The molecule has 1 aromatic carbocycles. The maximum absolute atomic E-state index is 12.5. The number of aliphatic carboxylic acids is 1. The van der Waals surface area contributed by atoms with E-state index in [0.717, 1.165) is 17.5 Å². The molecule has 0 aliphatic heterocycles. The lowest BCUT2D eigenvalue weighted by atomic mass is 9.83. The van der Waals surface area contributed by atoms with Crippen LogP contribution in [0.3, 0.4) is 0 Å². The molecule has 114 valence electrons. The molecular weight excluding hydrogens is 266 g/mol. The lowest BCUT2D eigenvalue weighted by Gasteiger charge is -2.26. The van der Waals surface area contributed by atoms with E-state index in [2.05, 4.69) is 5.32 Å². The molecule has 2 N–H and O–H groups in total. The van der Waals surface area contributed by atoms with Crippen molar-refractivity contribution in [3.8, 4) is 0 Å². The quantitative estimate of drug-likeness (QED) is 0.895. The predicted molar refractivity (Wildman–Crippen MR) is 81.1 cm³/mol. The molecule has 0 aromatic heterocycles. The average Bonchev–Trinajstić information content (AvgIpc) is 2.88. The van der Waals surface area contributed by atoms with E-state index in [9.17, 15) is 9.59 Å². The number of carboxylic acids is 1. The highest BCUT2D eigenvalue weighted by Crippen LogP contribution is 2.28. The third-order valence-corrected chi connectivity index (χ3v) is 4.46. The van der Waals surface area contributed by atoms with Crippen molar-refractivity contribution in [2.75, 3.05) is 0 Å². The summed E-state index contributed by atoms with van der Waals surface area (Å²) in [4.78, 5) is 23.5. The molecular formula is C17H23NO3. The lowest BCUT2D eigenvalue weighted by Crippen LogP contribution is -2.44. The minimum Gasteiger partial charge on any atom is -0.481 e. The maximum Gasteiger partial charge on any atom is 0.306 e. The second kappa shape index (κ2) is 5.88. The first kappa shape index (κ1) is 15.5. The van der Waals surface area contributed by atoms with Crippen molar-refractivity contribution in [1.29, 1.82) is 0 Å². The van der Waals surface area contributed by atoms with Gasteiger partial charge in [0.2, 0.25) is 5.91 Å². The molecule has 1 aliphatic carbocycles. The van der Waals surface area contributed by atoms with Gasteiger partial charge < -0.3 is 10.4 Å². The van der Waals surface area contributed by atoms with Gasteiger partial charge in [-0.1, -0.05) is 29.8 Å². The number of amides is 1. The van der Waals surface area contributed by atoms with Gasteiger partial charge in [0.05, 0.1) is 11.3 Å². The number of benzene rings is 1. The molecule has 1 amide bonds. The molecule has 1 aromatic rings. The van der Waals surface area contributed by atoms with Crippen LogP contribution in [0.25, 0.3) is 0 Å². The van der Waals surface area contributed by atoms with E-state index in [0.29, 0.717) is 12.8 Å².